The van der Waals surface area contributed by atoms with E-state index in [0.717, 1.165) is 0 Å². The molecule has 1 spiro atoms. The SMILES string of the molecule is CC(=O)C1(O)CCC2(CC1)OCCO2. The molecular weight excluding hydrogens is 184 g/mol. The predicted molar refractivity (Wildman–Crippen MR) is 48.7 cm³/mol. The Kier molecular flexibility index (Phi) is 2.37. The lowest BCUT2D eigenvalue weighted by atomic mass is 9.79. The molecular formula is C10H16O4. The van der Waals surface area contributed by atoms with Gasteiger partial charge in [0, 0.05) is 12.8 Å². The Labute approximate surface area is 83.2 Å². The molecule has 1 heterocycles. The van der Waals surface area contributed by atoms with Crippen LogP contribution in [0.5, 0.6) is 0 Å². The summed E-state index contributed by atoms with van der Waals surface area (Å²) < 4.78 is 11.0. The van der Waals surface area contributed by atoms with Gasteiger partial charge in [0.25, 0.3) is 0 Å². The number of hydrogen-bond donors (Lipinski definition) is 1. The third-order valence-corrected chi connectivity index (χ3v) is 3.31. The highest BCUT2D eigenvalue weighted by molar-refractivity contribution is 5.84. The van der Waals surface area contributed by atoms with Gasteiger partial charge in [-0.1, -0.05) is 0 Å². The molecule has 1 aliphatic heterocycles. The van der Waals surface area contributed by atoms with Crippen LogP contribution in [0.3, 0.4) is 0 Å². The maximum atomic E-state index is 11.2. The fraction of sp³-hybridized carbons (Fsp3) is 0.900. The Morgan fingerprint density at radius 3 is 2.07 bits per heavy atom. The number of aliphatic hydroxyl groups is 1. The first-order valence-electron chi connectivity index (χ1n) is 5.08. The van der Waals surface area contributed by atoms with Gasteiger partial charge in [-0.15, -0.1) is 0 Å². The lowest BCUT2D eigenvalue weighted by molar-refractivity contribution is -0.202. The largest absolute Gasteiger partial charge is 0.382 e. The van der Waals surface area contributed by atoms with Gasteiger partial charge in [-0.05, 0) is 19.8 Å². The predicted octanol–water partition coefficient (Wildman–Crippen LogP) is 0.624. The van der Waals surface area contributed by atoms with Gasteiger partial charge in [-0.2, -0.15) is 0 Å². The minimum absolute atomic E-state index is 0.148. The highest BCUT2D eigenvalue weighted by atomic mass is 16.7. The minimum atomic E-state index is -1.14. The van der Waals surface area contributed by atoms with Crippen LogP contribution in [0, 0.1) is 0 Å². The van der Waals surface area contributed by atoms with Gasteiger partial charge in [-0.3, -0.25) is 4.79 Å². The first kappa shape index (κ1) is 10.1. The summed E-state index contributed by atoms with van der Waals surface area (Å²) in [6, 6.07) is 0. The van der Waals surface area contributed by atoms with Crippen molar-refractivity contribution < 1.29 is 19.4 Å². The summed E-state index contributed by atoms with van der Waals surface area (Å²) >= 11 is 0. The van der Waals surface area contributed by atoms with Crippen molar-refractivity contribution in [1.29, 1.82) is 0 Å². The van der Waals surface area contributed by atoms with E-state index in [1.165, 1.54) is 6.92 Å². The molecule has 14 heavy (non-hydrogen) atoms. The zero-order chi connectivity index (χ0) is 10.2. The summed E-state index contributed by atoms with van der Waals surface area (Å²) in [7, 11) is 0. The number of ether oxygens (including phenoxy) is 2. The second-order valence-electron chi connectivity index (χ2n) is 4.20. The number of carbonyl (C=O) groups is 1. The fourth-order valence-corrected chi connectivity index (χ4v) is 2.18. The molecule has 0 amide bonds. The minimum Gasteiger partial charge on any atom is -0.382 e. The van der Waals surface area contributed by atoms with Crippen LogP contribution in [-0.2, 0) is 14.3 Å². The van der Waals surface area contributed by atoms with Crippen molar-refractivity contribution in [2.24, 2.45) is 0 Å². The molecule has 1 aliphatic carbocycles. The summed E-state index contributed by atoms with van der Waals surface area (Å²) in [5, 5.41) is 9.93. The van der Waals surface area contributed by atoms with Crippen LogP contribution < -0.4 is 0 Å². The van der Waals surface area contributed by atoms with E-state index in [2.05, 4.69) is 0 Å². The molecule has 0 aromatic rings. The molecule has 2 aliphatic rings. The quantitative estimate of drug-likeness (QED) is 0.674. The molecule has 4 nitrogen and oxygen atoms in total. The Hall–Kier alpha value is -0.450. The zero-order valence-electron chi connectivity index (χ0n) is 8.41. The van der Waals surface area contributed by atoms with Crippen molar-refractivity contribution >= 4 is 5.78 Å². The van der Waals surface area contributed by atoms with E-state index >= 15 is 0 Å². The number of Topliss-reactive ketones (excluding diaryl/α,β-unsaturated/α-hetero) is 1. The van der Waals surface area contributed by atoms with Gasteiger partial charge < -0.3 is 14.6 Å². The molecule has 0 aromatic carbocycles. The zero-order valence-corrected chi connectivity index (χ0v) is 8.41. The Morgan fingerprint density at radius 1 is 1.14 bits per heavy atom. The maximum absolute atomic E-state index is 11.2. The molecule has 1 saturated heterocycles. The Bertz CT molecular complexity index is 233. The van der Waals surface area contributed by atoms with Crippen molar-refractivity contribution in [1.82, 2.24) is 0 Å². The normalized spacial score (nSPS) is 29.3. The number of rotatable bonds is 1. The summed E-state index contributed by atoms with van der Waals surface area (Å²) in [6.07, 6.45) is 2.12. The molecule has 2 fully saturated rings. The molecule has 0 aromatic heterocycles. The summed E-state index contributed by atoms with van der Waals surface area (Å²) in [5.74, 6) is -0.646. The molecule has 0 bridgehead atoms. The summed E-state index contributed by atoms with van der Waals surface area (Å²) in [5.41, 5.74) is -1.14. The fourth-order valence-electron chi connectivity index (χ4n) is 2.18. The second kappa shape index (κ2) is 3.29. The van der Waals surface area contributed by atoms with E-state index in [1.54, 1.807) is 0 Å². The summed E-state index contributed by atoms with van der Waals surface area (Å²) in [6.45, 7) is 2.69. The highest BCUT2D eigenvalue weighted by Gasteiger charge is 2.47. The molecule has 0 radical (unpaired) electrons. The third kappa shape index (κ3) is 1.58. The van der Waals surface area contributed by atoms with Crippen LogP contribution in [0.15, 0.2) is 0 Å². The van der Waals surface area contributed by atoms with Crippen LogP contribution in [0.4, 0.5) is 0 Å². The average molecular weight is 200 g/mol. The molecule has 0 unspecified atom stereocenters. The monoisotopic (exact) mass is 200 g/mol. The van der Waals surface area contributed by atoms with Crippen molar-refractivity contribution in [2.45, 2.75) is 44.0 Å². The lowest BCUT2D eigenvalue weighted by Crippen LogP contribution is -2.47. The maximum Gasteiger partial charge on any atom is 0.168 e. The van der Waals surface area contributed by atoms with E-state index in [0.29, 0.717) is 38.9 Å². The number of hydrogen-bond acceptors (Lipinski definition) is 4. The van der Waals surface area contributed by atoms with Gasteiger partial charge in [0.1, 0.15) is 5.60 Å². The molecule has 2 rings (SSSR count). The molecule has 4 heteroatoms. The van der Waals surface area contributed by atoms with Crippen LogP contribution in [0.2, 0.25) is 0 Å². The number of carbonyl (C=O) groups excluding carboxylic acids is 1. The van der Waals surface area contributed by atoms with Crippen LogP contribution >= 0.6 is 0 Å². The van der Waals surface area contributed by atoms with Crippen molar-refractivity contribution in [3.63, 3.8) is 0 Å². The smallest absolute Gasteiger partial charge is 0.168 e. The van der Waals surface area contributed by atoms with Crippen molar-refractivity contribution in [2.75, 3.05) is 13.2 Å². The van der Waals surface area contributed by atoms with Crippen molar-refractivity contribution in [3.05, 3.63) is 0 Å². The molecule has 0 atom stereocenters. The molecule has 80 valence electrons. The average Bonchev–Trinajstić information content (AvgIpc) is 2.60. The third-order valence-electron chi connectivity index (χ3n) is 3.31. The highest BCUT2D eigenvalue weighted by Crippen LogP contribution is 2.40. The van der Waals surface area contributed by atoms with Gasteiger partial charge >= 0.3 is 0 Å². The van der Waals surface area contributed by atoms with Gasteiger partial charge in [-0.25, -0.2) is 0 Å². The van der Waals surface area contributed by atoms with Crippen LogP contribution in [0.25, 0.3) is 0 Å². The van der Waals surface area contributed by atoms with E-state index < -0.39 is 11.4 Å². The Balaban J connectivity index is 2.01. The topological polar surface area (TPSA) is 55.8 Å². The van der Waals surface area contributed by atoms with Crippen molar-refractivity contribution in [3.8, 4) is 0 Å². The van der Waals surface area contributed by atoms with E-state index in [1.807, 2.05) is 0 Å². The first-order chi connectivity index (χ1) is 6.56. The summed E-state index contributed by atoms with van der Waals surface area (Å²) in [4.78, 5) is 11.2. The van der Waals surface area contributed by atoms with Crippen LogP contribution in [0.1, 0.15) is 32.6 Å². The number of ketones is 1. The van der Waals surface area contributed by atoms with Gasteiger partial charge in [0.2, 0.25) is 0 Å². The second-order valence-corrected chi connectivity index (χ2v) is 4.20. The van der Waals surface area contributed by atoms with E-state index in [-0.39, 0.29) is 5.78 Å². The standard InChI is InChI=1S/C10H16O4/c1-8(11)9(12)2-4-10(5-3-9)13-6-7-14-10/h12H,2-7H2,1H3. The first-order valence-corrected chi connectivity index (χ1v) is 5.08. The lowest BCUT2D eigenvalue weighted by Gasteiger charge is -2.39. The molecule has 1 saturated carbocycles. The van der Waals surface area contributed by atoms with E-state index in [9.17, 15) is 9.90 Å². The Morgan fingerprint density at radius 2 is 1.64 bits per heavy atom. The van der Waals surface area contributed by atoms with Gasteiger partial charge in [0.05, 0.1) is 13.2 Å². The van der Waals surface area contributed by atoms with Crippen LogP contribution in [-0.4, -0.2) is 35.5 Å². The van der Waals surface area contributed by atoms with Gasteiger partial charge in [0.15, 0.2) is 11.6 Å². The van der Waals surface area contributed by atoms with E-state index in [4.69, 9.17) is 9.47 Å². The molecule has 1 N–H and O–H groups in total.